The molecule has 3 aromatic carbocycles. The van der Waals surface area contributed by atoms with Crippen LogP contribution in [0, 0.1) is 11.6 Å². The molecule has 1 amide bonds. The third kappa shape index (κ3) is 6.75. The minimum absolute atomic E-state index is 0.0211. The van der Waals surface area contributed by atoms with Crippen molar-refractivity contribution in [1.29, 1.82) is 0 Å². The number of imidazole rings is 1. The number of carboxylic acid groups (broad SMARTS) is 1. The molecule has 0 aliphatic carbocycles. The van der Waals surface area contributed by atoms with Crippen LogP contribution in [-0.2, 0) is 39.0 Å². The largest absolute Gasteiger partial charge is 0.616 e. The molecule has 0 saturated heterocycles. The highest BCUT2D eigenvalue weighted by atomic mass is 32.2. The molecule has 0 saturated carbocycles. The summed E-state index contributed by atoms with van der Waals surface area (Å²) >= 11 is -1.32. The van der Waals surface area contributed by atoms with Gasteiger partial charge in [0.05, 0.1) is 18.5 Å². The molecule has 9 nitrogen and oxygen atoms in total. The van der Waals surface area contributed by atoms with Gasteiger partial charge in [0.25, 0.3) is 0 Å². The van der Waals surface area contributed by atoms with E-state index in [-0.39, 0.29) is 53.9 Å². The first-order valence-corrected chi connectivity index (χ1v) is 16.7. The van der Waals surface area contributed by atoms with Gasteiger partial charge < -0.3 is 29.3 Å². The van der Waals surface area contributed by atoms with Crippen molar-refractivity contribution in [3.63, 3.8) is 0 Å². The Hall–Kier alpha value is -4.68. The van der Waals surface area contributed by atoms with Gasteiger partial charge in [-0.2, -0.15) is 0 Å². The predicted octanol–water partition coefficient (Wildman–Crippen LogP) is 6.11. The van der Waals surface area contributed by atoms with E-state index in [9.17, 15) is 19.2 Å². The summed E-state index contributed by atoms with van der Waals surface area (Å²) in [6.07, 6.45) is 3.84. The lowest BCUT2D eigenvalue weighted by Gasteiger charge is -2.30. The van der Waals surface area contributed by atoms with Crippen molar-refractivity contribution in [2.45, 2.75) is 38.0 Å². The summed E-state index contributed by atoms with van der Waals surface area (Å²) in [4.78, 5) is 36.9. The van der Waals surface area contributed by atoms with E-state index in [2.05, 4.69) is 15.0 Å². The zero-order valence-corrected chi connectivity index (χ0v) is 26.8. The highest BCUT2D eigenvalue weighted by molar-refractivity contribution is 7.91. The Morgan fingerprint density at radius 1 is 1.15 bits per heavy atom. The molecule has 2 atom stereocenters. The van der Waals surface area contributed by atoms with Crippen molar-refractivity contribution in [1.82, 2.24) is 19.9 Å². The summed E-state index contributed by atoms with van der Waals surface area (Å²) in [5, 5.41) is 9.82. The number of fused-ring (bicyclic) bond motifs is 8. The molecular formula is C35H34F2N4O5S. The smallest absolute Gasteiger partial charge is 0.303 e. The Kier molecular flexibility index (Phi) is 9.07. The van der Waals surface area contributed by atoms with Crippen LogP contribution in [0.15, 0.2) is 67.0 Å². The quantitative estimate of drug-likeness (QED) is 0.199. The van der Waals surface area contributed by atoms with E-state index < -0.39 is 34.2 Å². The molecule has 2 unspecified atom stereocenters. The summed E-state index contributed by atoms with van der Waals surface area (Å²) in [5.74, 6) is -1.71. The highest BCUT2D eigenvalue weighted by Crippen LogP contribution is 2.39. The van der Waals surface area contributed by atoms with Crippen LogP contribution in [0.5, 0.6) is 11.5 Å². The third-order valence-electron chi connectivity index (χ3n) is 8.88. The van der Waals surface area contributed by atoms with Gasteiger partial charge in [0.1, 0.15) is 28.9 Å². The molecule has 47 heavy (non-hydrogen) atoms. The van der Waals surface area contributed by atoms with Crippen LogP contribution < -0.4 is 4.74 Å². The van der Waals surface area contributed by atoms with E-state index in [1.165, 1.54) is 29.2 Å². The van der Waals surface area contributed by atoms with Gasteiger partial charge in [-0.25, -0.2) is 13.8 Å². The number of benzene rings is 3. The molecule has 0 spiro atoms. The molecule has 1 aliphatic rings. The van der Waals surface area contributed by atoms with Crippen molar-refractivity contribution < 1.29 is 32.8 Å². The van der Waals surface area contributed by atoms with Crippen molar-refractivity contribution in [2.75, 3.05) is 25.1 Å². The van der Waals surface area contributed by atoms with Crippen molar-refractivity contribution in [3.05, 3.63) is 101 Å². The molecule has 3 heterocycles. The minimum Gasteiger partial charge on any atom is -0.616 e. The van der Waals surface area contributed by atoms with Gasteiger partial charge in [-0.3, -0.25) is 9.59 Å². The van der Waals surface area contributed by atoms with E-state index in [0.717, 1.165) is 11.1 Å². The average molecular weight is 661 g/mol. The van der Waals surface area contributed by atoms with E-state index in [0.29, 0.717) is 40.8 Å². The maximum Gasteiger partial charge on any atom is 0.303 e. The number of aryl methyl sites for hydroxylation is 1. The second-order valence-electron chi connectivity index (χ2n) is 12.0. The van der Waals surface area contributed by atoms with Crippen LogP contribution in [0.1, 0.15) is 42.1 Å². The SMILES string of the molecule is CN1CC[S+]([O-])CCC(C)(c2cccc(CCC(=O)O)c2)c2cnc([nH]2)-c2cc(ccc2F)Oc2c(F)cc3[nH]ccc3c2CC1=O. The lowest BCUT2D eigenvalue weighted by molar-refractivity contribution is -0.137. The molecule has 0 radical (unpaired) electrons. The van der Waals surface area contributed by atoms with Crippen LogP contribution >= 0.6 is 0 Å². The number of ether oxygens (including phenoxy) is 1. The Balaban J connectivity index is 1.45. The molecule has 12 heteroatoms. The van der Waals surface area contributed by atoms with E-state index >= 15 is 8.78 Å². The number of nitrogens with zero attached hydrogens (tertiary/aromatic N) is 2. The van der Waals surface area contributed by atoms with Crippen molar-refractivity contribution >= 4 is 34.0 Å². The Bertz CT molecular complexity index is 1960. The third-order valence-corrected chi connectivity index (χ3v) is 10.2. The number of rotatable bonds is 4. The fourth-order valence-corrected chi connectivity index (χ4v) is 7.26. The van der Waals surface area contributed by atoms with Crippen LogP contribution in [-0.4, -0.2) is 66.5 Å². The second kappa shape index (κ2) is 13.2. The number of aromatic amines is 2. The minimum atomic E-state index is -1.32. The van der Waals surface area contributed by atoms with Crippen LogP contribution in [0.2, 0.25) is 0 Å². The Morgan fingerprint density at radius 3 is 2.79 bits per heavy atom. The number of hydrogen-bond acceptors (Lipinski definition) is 5. The summed E-state index contributed by atoms with van der Waals surface area (Å²) in [7, 11) is 1.62. The first-order chi connectivity index (χ1) is 22.5. The van der Waals surface area contributed by atoms with Gasteiger partial charge in [0, 0.05) is 65.9 Å². The Morgan fingerprint density at radius 2 is 1.98 bits per heavy atom. The standard InChI is InChI=1S/C35H34F2N4O5S/c1-35(22-5-3-4-21(16-22)6-9-32(43)44)11-14-47(45)15-13-41(2)31(42)18-25-24-10-12-38-29(24)19-28(37)33(25)46-23-7-8-27(36)26(17-23)34-39-20-30(35)40-34/h3-5,7-8,10,12,16-17,19-20,38H,6,9,11,13-15,18H2,1-2H3,(H,39,40)(H,43,44). The molecule has 0 fully saturated rings. The van der Waals surface area contributed by atoms with Gasteiger partial charge in [-0.05, 0) is 48.7 Å². The lowest BCUT2D eigenvalue weighted by Crippen LogP contribution is -2.34. The number of halogens is 2. The number of hydrogen-bond donors (Lipinski definition) is 3. The van der Waals surface area contributed by atoms with Gasteiger partial charge >= 0.3 is 5.97 Å². The van der Waals surface area contributed by atoms with Crippen LogP contribution in [0.4, 0.5) is 8.78 Å². The monoisotopic (exact) mass is 660 g/mol. The number of carbonyl (C=O) groups excluding carboxylic acids is 1. The van der Waals surface area contributed by atoms with Crippen molar-refractivity contribution in [3.8, 4) is 22.9 Å². The van der Waals surface area contributed by atoms with E-state index in [1.54, 1.807) is 25.5 Å². The van der Waals surface area contributed by atoms with Gasteiger partial charge in [0.2, 0.25) is 5.91 Å². The van der Waals surface area contributed by atoms with E-state index in [4.69, 9.17) is 4.74 Å². The molecule has 2 aromatic heterocycles. The number of aliphatic carboxylic acids is 1. The summed E-state index contributed by atoms with van der Waals surface area (Å²) < 4.78 is 50.3. The number of H-pyrrole nitrogens is 2. The number of carbonyl (C=O) groups is 2. The molecule has 6 rings (SSSR count). The second-order valence-corrected chi connectivity index (χ2v) is 13.7. The molecular weight excluding hydrogens is 626 g/mol. The summed E-state index contributed by atoms with van der Waals surface area (Å²) in [6, 6.07) is 14.6. The van der Waals surface area contributed by atoms with Gasteiger partial charge in [0.15, 0.2) is 11.6 Å². The van der Waals surface area contributed by atoms with E-state index in [1.807, 2.05) is 31.2 Å². The van der Waals surface area contributed by atoms with Gasteiger partial charge in [-0.1, -0.05) is 35.4 Å². The lowest BCUT2D eigenvalue weighted by atomic mass is 9.77. The fourth-order valence-electron chi connectivity index (χ4n) is 5.94. The predicted molar refractivity (Wildman–Crippen MR) is 175 cm³/mol. The number of amides is 1. The zero-order valence-electron chi connectivity index (χ0n) is 25.9. The normalized spacial score (nSPS) is 19.1. The number of likely N-dealkylation sites (N-methyl/N-ethyl adjacent to an activating group) is 1. The maximum atomic E-state index is 15.5. The molecule has 3 N–H and O–H groups in total. The number of aromatic nitrogens is 3. The Labute approximate surface area is 273 Å². The zero-order chi connectivity index (χ0) is 33.3. The highest BCUT2D eigenvalue weighted by Gasteiger charge is 2.34. The van der Waals surface area contributed by atoms with Crippen LogP contribution in [0.3, 0.4) is 0 Å². The molecule has 1 aliphatic heterocycles. The topological polar surface area (TPSA) is 134 Å². The first-order valence-electron chi connectivity index (χ1n) is 15.2. The fraction of sp³-hybridized carbons (Fsp3) is 0.286. The van der Waals surface area contributed by atoms with Gasteiger partial charge in [-0.15, -0.1) is 0 Å². The summed E-state index contributed by atoms with van der Waals surface area (Å²) in [6.45, 7) is 2.20. The average Bonchev–Trinajstić information content (AvgIpc) is 3.74. The molecule has 4 bridgehead atoms. The maximum absolute atomic E-state index is 15.5. The molecule has 244 valence electrons. The number of nitrogens with one attached hydrogen (secondary N) is 2. The number of carboxylic acids is 1. The summed E-state index contributed by atoms with van der Waals surface area (Å²) in [5.41, 5.74) is 2.51. The van der Waals surface area contributed by atoms with Crippen LogP contribution in [0.25, 0.3) is 22.3 Å². The van der Waals surface area contributed by atoms with Crippen molar-refractivity contribution in [2.24, 2.45) is 0 Å². The molecule has 5 aromatic rings. The first kappa shape index (κ1) is 32.3.